The summed E-state index contributed by atoms with van der Waals surface area (Å²) in [6, 6.07) is 9.99. The number of nitrogens with one attached hydrogen (secondary N) is 1. The van der Waals surface area contributed by atoms with Crippen molar-refractivity contribution < 1.29 is 4.74 Å². The molecule has 2 heteroatoms. The third-order valence-corrected chi connectivity index (χ3v) is 4.32. The largest absolute Gasteiger partial charge is 0.383 e. The van der Waals surface area contributed by atoms with E-state index in [2.05, 4.69) is 29.6 Å². The summed E-state index contributed by atoms with van der Waals surface area (Å²) in [5.41, 5.74) is 3.05. The van der Waals surface area contributed by atoms with Gasteiger partial charge in [0.15, 0.2) is 0 Å². The smallest absolute Gasteiger partial charge is 0.0618 e. The van der Waals surface area contributed by atoms with E-state index in [0.29, 0.717) is 12.1 Å². The number of benzene rings is 1. The SMILES string of the molecule is COCC(NC1CCCc2ccccc21)C1CC1. The normalized spacial score (nSPS) is 24.6. The number of aryl methyl sites for hydroxylation is 1. The minimum atomic E-state index is 0.538. The quantitative estimate of drug-likeness (QED) is 0.860. The van der Waals surface area contributed by atoms with Gasteiger partial charge < -0.3 is 10.1 Å². The lowest BCUT2D eigenvalue weighted by atomic mass is 9.87. The van der Waals surface area contributed by atoms with Gasteiger partial charge in [0, 0.05) is 19.2 Å². The van der Waals surface area contributed by atoms with Crippen LogP contribution in [-0.4, -0.2) is 19.8 Å². The van der Waals surface area contributed by atoms with Crippen molar-refractivity contribution in [2.45, 2.75) is 44.2 Å². The van der Waals surface area contributed by atoms with Gasteiger partial charge in [-0.1, -0.05) is 24.3 Å². The molecule has 2 atom stereocenters. The summed E-state index contributed by atoms with van der Waals surface area (Å²) in [6.07, 6.45) is 6.56. The van der Waals surface area contributed by atoms with Crippen LogP contribution in [0.5, 0.6) is 0 Å². The molecule has 0 heterocycles. The van der Waals surface area contributed by atoms with E-state index in [1.165, 1.54) is 43.2 Å². The van der Waals surface area contributed by atoms with E-state index >= 15 is 0 Å². The minimum Gasteiger partial charge on any atom is -0.383 e. The molecular formula is C16H23NO. The predicted octanol–water partition coefficient (Wildman–Crippen LogP) is 3.08. The van der Waals surface area contributed by atoms with Gasteiger partial charge in [-0.3, -0.25) is 0 Å². The zero-order valence-corrected chi connectivity index (χ0v) is 11.2. The average Bonchev–Trinajstić information content (AvgIpc) is 3.23. The van der Waals surface area contributed by atoms with Crippen LogP contribution in [0, 0.1) is 5.92 Å². The van der Waals surface area contributed by atoms with Gasteiger partial charge in [0.2, 0.25) is 0 Å². The van der Waals surface area contributed by atoms with Gasteiger partial charge in [0.25, 0.3) is 0 Å². The summed E-state index contributed by atoms with van der Waals surface area (Å²) in [7, 11) is 1.81. The van der Waals surface area contributed by atoms with Crippen molar-refractivity contribution in [2.24, 2.45) is 5.92 Å². The molecule has 1 aromatic rings. The Hall–Kier alpha value is -0.860. The first-order valence-corrected chi connectivity index (χ1v) is 7.21. The van der Waals surface area contributed by atoms with Crippen LogP contribution in [0.4, 0.5) is 0 Å². The van der Waals surface area contributed by atoms with Crippen molar-refractivity contribution in [1.82, 2.24) is 5.32 Å². The standard InChI is InChI=1S/C16H23NO/c1-18-11-16(13-9-10-13)17-15-8-4-6-12-5-2-3-7-14(12)15/h2-3,5,7,13,15-17H,4,6,8-11H2,1H3. The van der Waals surface area contributed by atoms with Crippen LogP contribution < -0.4 is 5.32 Å². The molecule has 0 spiro atoms. The number of ether oxygens (including phenoxy) is 1. The lowest BCUT2D eigenvalue weighted by Crippen LogP contribution is -2.39. The van der Waals surface area contributed by atoms with Gasteiger partial charge in [-0.25, -0.2) is 0 Å². The molecule has 1 N–H and O–H groups in total. The number of methoxy groups -OCH3 is 1. The van der Waals surface area contributed by atoms with E-state index in [0.717, 1.165) is 12.5 Å². The van der Waals surface area contributed by atoms with E-state index < -0.39 is 0 Å². The second kappa shape index (κ2) is 5.41. The fraction of sp³-hybridized carbons (Fsp3) is 0.625. The molecular weight excluding hydrogens is 222 g/mol. The van der Waals surface area contributed by atoms with Crippen LogP contribution in [-0.2, 0) is 11.2 Å². The highest BCUT2D eigenvalue weighted by Crippen LogP contribution is 2.36. The van der Waals surface area contributed by atoms with Gasteiger partial charge >= 0.3 is 0 Å². The van der Waals surface area contributed by atoms with E-state index in [4.69, 9.17) is 4.74 Å². The molecule has 0 radical (unpaired) electrons. The Bertz CT molecular complexity index is 400. The van der Waals surface area contributed by atoms with Crippen LogP contribution >= 0.6 is 0 Å². The van der Waals surface area contributed by atoms with Gasteiger partial charge in [0.1, 0.15) is 0 Å². The maximum Gasteiger partial charge on any atom is 0.0618 e. The van der Waals surface area contributed by atoms with Crippen LogP contribution in [0.25, 0.3) is 0 Å². The van der Waals surface area contributed by atoms with Crippen LogP contribution in [0.15, 0.2) is 24.3 Å². The molecule has 1 aromatic carbocycles. The summed E-state index contributed by atoms with van der Waals surface area (Å²) in [5.74, 6) is 0.846. The van der Waals surface area contributed by atoms with Crippen LogP contribution in [0.3, 0.4) is 0 Å². The fourth-order valence-corrected chi connectivity index (χ4v) is 3.18. The van der Waals surface area contributed by atoms with Gasteiger partial charge in [-0.05, 0) is 49.1 Å². The van der Waals surface area contributed by atoms with Gasteiger partial charge in [-0.2, -0.15) is 0 Å². The van der Waals surface area contributed by atoms with Crippen LogP contribution in [0.2, 0.25) is 0 Å². The Morgan fingerprint density at radius 1 is 1.28 bits per heavy atom. The van der Waals surface area contributed by atoms with Crippen molar-refractivity contribution in [3.8, 4) is 0 Å². The highest BCUT2D eigenvalue weighted by molar-refractivity contribution is 5.32. The molecule has 1 saturated carbocycles. The first-order chi connectivity index (χ1) is 8.88. The Kier molecular flexibility index (Phi) is 3.67. The molecule has 0 aliphatic heterocycles. The summed E-state index contributed by atoms with van der Waals surface area (Å²) in [5, 5.41) is 3.85. The first-order valence-electron chi connectivity index (χ1n) is 7.21. The summed E-state index contributed by atoms with van der Waals surface area (Å²) >= 11 is 0. The Morgan fingerprint density at radius 2 is 2.11 bits per heavy atom. The third-order valence-electron chi connectivity index (χ3n) is 4.32. The molecule has 2 nitrogen and oxygen atoms in total. The number of hydrogen-bond donors (Lipinski definition) is 1. The fourth-order valence-electron chi connectivity index (χ4n) is 3.18. The lowest BCUT2D eigenvalue weighted by molar-refractivity contribution is 0.149. The second-order valence-electron chi connectivity index (χ2n) is 5.71. The topological polar surface area (TPSA) is 21.3 Å². The first kappa shape index (κ1) is 12.2. The highest BCUT2D eigenvalue weighted by Gasteiger charge is 2.33. The van der Waals surface area contributed by atoms with Gasteiger partial charge in [-0.15, -0.1) is 0 Å². The zero-order chi connectivity index (χ0) is 12.4. The summed E-state index contributed by atoms with van der Waals surface area (Å²) in [4.78, 5) is 0. The predicted molar refractivity (Wildman–Crippen MR) is 73.6 cm³/mol. The molecule has 98 valence electrons. The second-order valence-corrected chi connectivity index (χ2v) is 5.71. The van der Waals surface area contributed by atoms with Crippen molar-refractivity contribution in [2.75, 3.05) is 13.7 Å². The molecule has 0 aromatic heterocycles. The molecule has 2 aliphatic carbocycles. The minimum absolute atomic E-state index is 0.538. The maximum atomic E-state index is 5.37. The van der Waals surface area contributed by atoms with Crippen LogP contribution in [0.1, 0.15) is 42.9 Å². The monoisotopic (exact) mass is 245 g/mol. The Balaban J connectivity index is 1.72. The average molecular weight is 245 g/mol. The van der Waals surface area contributed by atoms with Crippen molar-refractivity contribution in [1.29, 1.82) is 0 Å². The van der Waals surface area contributed by atoms with Gasteiger partial charge in [0.05, 0.1) is 6.61 Å². The number of hydrogen-bond acceptors (Lipinski definition) is 2. The van der Waals surface area contributed by atoms with E-state index in [9.17, 15) is 0 Å². The highest BCUT2D eigenvalue weighted by atomic mass is 16.5. The van der Waals surface area contributed by atoms with E-state index in [1.54, 1.807) is 0 Å². The molecule has 3 rings (SSSR count). The van der Waals surface area contributed by atoms with Crippen molar-refractivity contribution >= 4 is 0 Å². The lowest BCUT2D eigenvalue weighted by Gasteiger charge is -2.30. The molecule has 1 fully saturated rings. The molecule has 2 aliphatic rings. The van der Waals surface area contributed by atoms with E-state index in [-0.39, 0.29) is 0 Å². The molecule has 18 heavy (non-hydrogen) atoms. The maximum absolute atomic E-state index is 5.37. The number of rotatable bonds is 5. The third kappa shape index (κ3) is 2.60. The number of fused-ring (bicyclic) bond motifs is 1. The molecule has 0 saturated heterocycles. The zero-order valence-electron chi connectivity index (χ0n) is 11.2. The van der Waals surface area contributed by atoms with Crippen molar-refractivity contribution in [3.05, 3.63) is 35.4 Å². The summed E-state index contributed by atoms with van der Waals surface area (Å²) < 4.78 is 5.37. The molecule has 0 bridgehead atoms. The molecule has 2 unspecified atom stereocenters. The van der Waals surface area contributed by atoms with Crippen molar-refractivity contribution in [3.63, 3.8) is 0 Å². The molecule has 0 amide bonds. The Morgan fingerprint density at radius 3 is 2.89 bits per heavy atom. The van der Waals surface area contributed by atoms with E-state index in [1.807, 2.05) is 7.11 Å². The summed E-state index contributed by atoms with van der Waals surface area (Å²) in [6.45, 7) is 0.851. The Labute approximate surface area is 110 Å².